The molecule has 0 amide bonds. The van der Waals surface area contributed by atoms with Crippen molar-refractivity contribution in [2.24, 2.45) is 0 Å². The SMILES string of the molecule is [C-]1=CC=C1.[Fe]. The molecule has 0 radical (unpaired) electrons. The van der Waals surface area contributed by atoms with Crippen LogP contribution in [-0.4, -0.2) is 0 Å². The Bertz CT molecular complexity index is 44.0. The molecule has 0 saturated carbocycles. The molecule has 1 aliphatic carbocycles. The van der Waals surface area contributed by atoms with E-state index in [1.807, 2.05) is 18.2 Å². The summed E-state index contributed by atoms with van der Waals surface area (Å²) in [4.78, 5) is 0. The summed E-state index contributed by atoms with van der Waals surface area (Å²) < 4.78 is 0. The van der Waals surface area contributed by atoms with Gasteiger partial charge in [-0.2, -0.15) is 24.3 Å². The predicted octanol–water partition coefficient (Wildman–Crippen LogP) is 0.913. The van der Waals surface area contributed by atoms with Crippen LogP contribution in [0.2, 0.25) is 0 Å². The van der Waals surface area contributed by atoms with Crippen molar-refractivity contribution in [1.82, 2.24) is 0 Å². The van der Waals surface area contributed by atoms with E-state index >= 15 is 0 Å². The third-order valence-electron chi connectivity index (χ3n) is 0.385. The average molecular weight is 107 g/mol. The summed E-state index contributed by atoms with van der Waals surface area (Å²) in [6.07, 6.45) is 8.50. The third kappa shape index (κ3) is 1.000. The minimum Gasteiger partial charge on any atom is -0.184 e. The fraction of sp³-hybridized carbons (Fsp3) is 0. The van der Waals surface area contributed by atoms with Crippen LogP contribution in [0.1, 0.15) is 0 Å². The summed E-state index contributed by atoms with van der Waals surface area (Å²) in [6.45, 7) is 0. The second-order valence-electron chi connectivity index (χ2n) is 0.692. The zero-order valence-electron chi connectivity index (χ0n) is 2.59. The Morgan fingerprint density at radius 3 is 1.60 bits per heavy atom. The monoisotopic (exact) mass is 107 g/mol. The van der Waals surface area contributed by atoms with Crippen LogP contribution in [0.4, 0.5) is 0 Å². The van der Waals surface area contributed by atoms with E-state index in [-0.39, 0.29) is 17.1 Å². The van der Waals surface area contributed by atoms with Crippen molar-refractivity contribution in [1.29, 1.82) is 0 Å². The van der Waals surface area contributed by atoms with E-state index in [1.54, 1.807) is 0 Å². The van der Waals surface area contributed by atoms with Gasteiger partial charge in [0.25, 0.3) is 0 Å². The van der Waals surface area contributed by atoms with Crippen LogP contribution < -0.4 is 0 Å². The molecule has 0 aliphatic heterocycles. The average Bonchev–Trinajstić information content (AvgIpc) is 0.722. The zero-order chi connectivity index (χ0) is 2.83. The molecule has 0 heterocycles. The van der Waals surface area contributed by atoms with Crippen LogP contribution >= 0.6 is 0 Å². The van der Waals surface area contributed by atoms with Gasteiger partial charge >= 0.3 is 0 Å². The van der Waals surface area contributed by atoms with Gasteiger partial charge in [-0.1, -0.05) is 0 Å². The Hall–Kier alpha value is -0.000519. The molecule has 0 spiro atoms. The molecule has 0 aromatic heterocycles. The van der Waals surface area contributed by atoms with Crippen LogP contribution in [0.5, 0.6) is 0 Å². The fourth-order valence-electron chi connectivity index (χ4n) is 0.0962. The van der Waals surface area contributed by atoms with Crippen LogP contribution in [0.25, 0.3) is 0 Å². The standard InChI is InChI=1S/C4H3.Fe/c1-2-4-3-1;/h1-3H;/q-1;. The van der Waals surface area contributed by atoms with Crippen LogP contribution in [-0.2, 0) is 17.1 Å². The van der Waals surface area contributed by atoms with E-state index in [0.29, 0.717) is 0 Å². The van der Waals surface area contributed by atoms with Crippen molar-refractivity contribution in [3.05, 3.63) is 24.3 Å². The van der Waals surface area contributed by atoms with Crippen molar-refractivity contribution in [2.45, 2.75) is 0 Å². The molecule has 1 aliphatic rings. The molecular weight excluding hydrogens is 104 g/mol. The van der Waals surface area contributed by atoms with Crippen molar-refractivity contribution in [2.75, 3.05) is 0 Å². The smallest absolute Gasteiger partial charge is 0 e. The second-order valence-corrected chi connectivity index (χ2v) is 0.692. The van der Waals surface area contributed by atoms with Gasteiger partial charge < -0.3 is 0 Å². The van der Waals surface area contributed by atoms with Gasteiger partial charge in [0.1, 0.15) is 0 Å². The van der Waals surface area contributed by atoms with Crippen molar-refractivity contribution < 1.29 is 17.1 Å². The zero-order valence-corrected chi connectivity index (χ0v) is 3.69. The molecular formula is C4H3Fe-. The van der Waals surface area contributed by atoms with Gasteiger partial charge in [0.05, 0.1) is 0 Å². The minimum absolute atomic E-state index is 0. The first-order valence-electron chi connectivity index (χ1n) is 1.24. The fourth-order valence-corrected chi connectivity index (χ4v) is 0.0962. The molecule has 0 aromatic rings. The summed E-state index contributed by atoms with van der Waals surface area (Å²) in [5.41, 5.74) is 0. The largest absolute Gasteiger partial charge is 0.184 e. The maximum atomic E-state index is 2.81. The van der Waals surface area contributed by atoms with E-state index in [1.165, 1.54) is 0 Å². The Labute approximate surface area is 42.0 Å². The van der Waals surface area contributed by atoms with Gasteiger partial charge in [-0.05, 0) is 0 Å². The Balaban J connectivity index is 0.000000160. The molecule has 5 heavy (non-hydrogen) atoms. The van der Waals surface area contributed by atoms with Gasteiger partial charge in [0.2, 0.25) is 0 Å². The molecule has 0 atom stereocenters. The molecule has 1 rings (SSSR count). The second kappa shape index (κ2) is 2.25. The van der Waals surface area contributed by atoms with E-state index in [4.69, 9.17) is 0 Å². The summed E-state index contributed by atoms with van der Waals surface area (Å²) in [6, 6.07) is 0. The first-order valence-corrected chi connectivity index (χ1v) is 1.24. The van der Waals surface area contributed by atoms with Crippen molar-refractivity contribution in [3.63, 3.8) is 0 Å². The number of rotatable bonds is 0. The first-order chi connectivity index (χ1) is 2.00. The topological polar surface area (TPSA) is 0 Å². The minimum atomic E-state index is 0. The van der Waals surface area contributed by atoms with Gasteiger partial charge in [0.15, 0.2) is 0 Å². The third-order valence-corrected chi connectivity index (χ3v) is 0.385. The first kappa shape index (κ1) is 5.00. The molecule has 1 heteroatoms. The molecule has 0 aromatic carbocycles. The number of hydrogen-bond acceptors (Lipinski definition) is 0. The van der Waals surface area contributed by atoms with Crippen LogP contribution in [0.3, 0.4) is 0 Å². The Morgan fingerprint density at radius 2 is 1.60 bits per heavy atom. The molecule has 28 valence electrons. The Morgan fingerprint density at radius 1 is 1.40 bits per heavy atom. The van der Waals surface area contributed by atoms with E-state index < -0.39 is 0 Å². The van der Waals surface area contributed by atoms with Crippen molar-refractivity contribution >= 4 is 0 Å². The van der Waals surface area contributed by atoms with E-state index in [9.17, 15) is 0 Å². The maximum Gasteiger partial charge on any atom is 0 e. The van der Waals surface area contributed by atoms with Crippen molar-refractivity contribution in [3.8, 4) is 0 Å². The van der Waals surface area contributed by atoms with Gasteiger partial charge in [-0.15, -0.1) is 0 Å². The summed E-state index contributed by atoms with van der Waals surface area (Å²) in [7, 11) is 0. The molecule has 0 unspecified atom stereocenters. The summed E-state index contributed by atoms with van der Waals surface area (Å²) in [5.74, 6) is 0. The molecule has 0 N–H and O–H groups in total. The summed E-state index contributed by atoms with van der Waals surface area (Å²) >= 11 is 0. The van der Waals surface area contributed by atoms with E-state index in [2.05, 4.69) is 6.08 Å². The van der Waals surface area contributed by atoms with Crippen LogP contribution in [0.15, 0.2) is 18.2 Å². The molecule has 0 bridgehead atoms. The molecule has 0 saturated heterocycles. The van der Waals surface area contributed by atoms with Gasteiger partial charge in [-0.25, -0.2) is 0 Å². The van der Waals surface area contributed by atoms with Crippen LogP contribution in [0, 0.1) is 6.08 Å². The van der Waals surface area contributed by atoms with Gasteiger partial charge in [0, 0.05) is 17.1 Å². The quantitative estimate of drug-likeness (QED) is 0.318. The molecule has 0 fully saturated rings. The number of allylic oxidation sites excluding steroid dienone is 4. The normalized spacial score (nSPS) is 12.8. The maximum absolute atomic E-state index is 2.81. The van der Waals surface area contributed by atoms with Gasteiger partial charge in [-0.3, -0.25) is 0 Å². The predicted molar refractivity (Wildman–Crippen MR) is 17.0 cm³/mol. The van der Waals surface area contributed by atoms with E-state index in [0.717, 1.165) is 0 Å². The Kier molecular flexibility index (Phi) is 2.25. The molecule has 0 nitrogen and oxygen atoms in total. The number of hydrogen-bond donors (Lipinski definition) is 0. The summed E-state index contributed by atoms with van der Waals surface area (Å²) in [5, 5.41) is 0.